The van der Waals surface area contributed by atoms with Crippen molar-refractivity contribution in [2.24, 2.45) is 0 Å². The molecule has 26 heavy (non-hydrogen) atoms. The maximum Gasteiger partial charge on any atom is 0.208 e. The van der Waals surface area contributed by atoms with Gasteiger partial charge in [0.15, 0.2) is 5.78 Å². The summed E-state index contributed by atoms with van der Waals surface area (Å²) in [6.45, 7) is 1.89. The van der Waals surface area contributed by atoms with Crippen molar-refractivity contribution in [2.75, 3.05) is 5.75 Å². The zero-order valence-electron chi connectivity index (χ0n) is 14.2. The van der Waals surface area contributed by atoms with Gasteiger partial charge in [-0.25, -0.2) is 9.37 Å². The second-order valence-corrected chi connectivity index (χ2v) is 6.73. The number of benzene rings is 1. The Morgan fingerprint density at radius 3 is 2.77 bits per heavy atom. The number of H-pyrrole nitrogens is 1. The number of aryl methyl sites for hydroxylation is 1. The number of halogens is 1. The van der Waals surface area contributed by atoms with Crippen LogP contribution in [0.15, 0.2) is 46.0 Å². The van der Waals surface area contributed by atoms with Crippen LogP contribution in [0.5, 0.6) is 0 Å². The third-order valence-electron chi connectivity index (χ3n) is 3.59. The van der Waals surface area contributed by atoms with Crippen molar-refractivity contribution in [1.82, 2.24) is 15.2 Å². The Morgan fingerprint density at radius 2 is 2.04 bits per heavy atom. The molecule has 1 aromatic carbocycles. The van der Waals surface area contributed by atoms with Gasteiger partial charge in [0.2, 0.25) is 5.16 Å². The molecule has 1 N–H and O–H groups in total. The summed E-state index contributed by atoms with van der Waals surface area (Å²) in [5, 5.41) is 7.62. The molecule has 0 bridgehead atoms. The SMILES string of the molecule is Cc1ccc(C=Cc2nc(SCCCC(=O)c3ccc(F)cc3)n[nH]2)o1. The van der Waals surface area contributed by atoms with Crippen LogP contribution in [0, 0.1) is 12.7 Å². The topological polar surface area (TPSA) is 71.8 Å². The van der Waals surface area contributed by atoms with E-state index in [-0.39, 0.29) is 11.6 Å². The summed E-state index contributed by atoms with van der Waals surface area (Å²) in [7, 11) is 0. The second kappa shape index (κ2) is 8.62. The van der Waals surface area contributed by atoms with Crippen LogP contribution in [0.4, 0.5) is 4.39 Å². The summed E-state index contributed by atoms with van der Waals surface area (Å²) < 4.78 is 18.3. The molecule has 0 aliphatic rings. The lowest BCUT2D eigenvalue weighted by atomic mass is 10.1. The fourth-order valence-corrected chi connectivity index (χ4v) is 3.02. The molecule has 0 radical (unpaired) electrons. The predicted octanol–water partition coefficient (Wildman–Crippen LogP) is 4.77. The summed E-state index contributed by atoms with van der Waals surface area (Å²) in [5.74, 6) is 2.65. The molecule has 134 valence electrons. The Kier molecular flexibility index (Phi) is 6.01. The fourth-order valence-electron chi connectivity index (χ4n) is 2.28. The Morgan fingerprint density at radius 1 is 1.23 bits per heavy atom. The Labute approximate surface area is 154 Å². The van der Waals surface area contributed by atoms with E-state index >= 15 is 0 Å². The first-order valence-electron chi connectivity index (χ1n) is 8.18. The monoisotopic (exact) mass is 371 g/mol. The average molecular weight is 371 g/mol. The zero-order chi connectivity index (χ0) is 18.4. The fraction of sp³-hybridized carbons (Fsp3) is 0.211. The van der Waals surface area contributed by atoms with Crippen molar-refractivity contribution in [3.63, 3.8) is 0 Å². The third kappa shape index (κ3) is 5.16. The Hall–Kier alpha value is -2.67. The van der Waals surface area contributed by atoms with Gasteiger partial charge in [-0.05, 0) is 61.9 Å². The van der Waals surface area contributed by atoms with Gasteiger partial charge in [-0.15, -0.1) is 5.10 Å². The van der Waals surface area contributed by atoms with Crippen molar-refractivity contribution >= 4 is 29.7 Å². The number of ketones is 1. The highest BCUT2D eigenvalue weighted by Crippen LogP contribution is 2.17. The first-order chi connectivity index (χ1) is 12.6. The number of Topliss-reactive ketones (excluding diaryl/α,β-unsaturated/α-hetero) is 1. The maximum absolute atomic E-state index is 12.9. The molecule has 0 atom stereocenters. The second-order valence-electron chi connectivity index (χ2n) is 5.67. The normalized spacial score (nSPS) is 11.3. The van der Waals surface area contributed by atoms with Crippen molar-refractivity contribution in [2.45, 2.75) is 24.9 Å². The molecule has 0 aliphatic heterocycles. The highest BCUT2D eigenvalue weighted by molar-refractivity contribution is 7.99. The van der Waals surface area contributed by atoms with Crippen LogP contribution < -0.4 is 0 Å². The van der Waals surface area contributed by atoms with Crippen molar-refractivity contribution in [3.05, 3.63) is 65.1 Å². The third-order valence-corrected chi connectivity index (χ3v) is 4.53. The molecule has 0 saturated heterocycles. The van der Waals surface area contributed by atoms with E-state index in [0.29, 0.717) is 29.4 Å². The number of furan rings is 1. The van der Waals surface area contributed by atoms with Crippen LogP contribution in [0.3, 0.4) is 0 Å². The number of aromatic amines is 1. The van der Waals surface area contributed by atoms with Gasteiger partial charge in [-0.1, -0.05) is 11.8 Å². The molecule has 2 aromatic heterocycles. The lowest BCUT2D eigenvalue weighted by molar-refractivity contribution is 0.0982. The lowest BCUT2D eigenvalue weighted by Gasteiger charge is -2.00. The van der Waals surface area contributed by atoms with E-state index in [0.717, 1.165) is 17.3 Å². The van der Waals surface area contributed by atoms with E-state index in [1.165, 1.54) is 36.0 Å². The van der Waals surface area contributed by atoms with Gasteiger partial charge in [0.25, 0.3) is 0 Å². The number of thioether (sulfide) groups is 1. The molecule has 5 nitrogen and oxygen atoms in total. The van der Waals surface area contributed by atoms with E-state index in [9.17, 15) is 9.18 Å². The largest absolute Gasteiger partial charge is 0.462 e. The van der Waals surface area contributed by atoms with Crippen LogP contribution in [0.2, 0.25) is 0 Å². The molecule has 3 aromatic rings. The molecule has 0 saturated carbocycles. The maximum atomic E-state index is 12.9. The first kappa shape index (κ1) is 18.1. The van der Waals surface area contributed by atoms with Gasteiger partial charge < -0.3 is 4.42 Å². The molecule has 0 spiro atoms. The Bertz CT molecular complexity index is 900. The van der Waals surface area contributed by atoms with Crippen molar-refractivity contribution < 1.29 is 13.6 Å². The van der Waals surface area contributed by atoms with Gasteiger partial charge >= 0.3 is 0 Å². The minimum atomic E-state index is -0.339. The summed E-state index contributed by atoms with van der Waals surface area (Å²) in [5.41, 5.74) is 0.537. The molecule has 0 fully saturated rings. The minimum Gasteiger partial charge on any atom is -0.462 e. The molecular formula is C19H18FN3O2S. The molecule has 2 heterocycles. The van der Waals surface area contributed by atoms with E-state index in [4.69, 9.17) is 4.42 Å². The molecular weight excluding hydrogens is 353 g/mol. The number of nitrogens with zero attached hydrogens (tertiary/aromatic N) is 2. The zero-order valence-corrected chi connectivity index (χ0v) is 15.1. The van der Waals surface area contributed by atoms with Gasteiger partial charge in [0.05, 0.1) is 0 Å². The quantitative estimate of drug-likeness (QED) is 0.351. The van der Waals surface area contributed by atoms with Gasteiger partial charge in [0.1, 0.15) is 23.2 Å². The number of carbonyl (C=O) groups excluding carboxylic acids is 1. The van der Waals surface area contributed by atoms with Gasteiger partial charge in [0, 0.05) is 17.7 Å². The predicted molar refractivity (Wildman–Crippen MR) is 99.4 cm³/mol. The standard InChI is InChI=1S/C19H18FN3O2S/c1-13-4-9-16(25-13)10-11-18-21-19(23-22-18)26-12-2-3-17(24)14-5-7-15(20)8-6-14/h4-11H,2-3,12H2,1H3,(H,21,22,23). The first-order valence-corrected chi connectivity index (χ1v) is 9.17. The highest BCUT2D eigenvalue weighted by Gasteiger charge is 2.07. The molecule has 0 amide bonds. The summed E-state index contributed by atoms with van der Waals surface area (Å²) in [6, 6.07) is 9.41. The van der Waals surface area contributed by atoms with Crippen LogP contribution >= 0.6 is 11.8 Å². The van der Waals surface area contributed by atoms with Crippen LogP contribution in [-0.4, -0.2) is 26.7 Å². The molecule has 0 aliphatic carbocycles. The summed E-state index contributed by atoms with van der Waals surface area (Å²) in [6.07, 6.45) is 4.73. The van der Waals surface area contributed by atoms with Crippen LogP contribution in [0.25, 0.3) is 12.2 Å². The molecule has 3 rings (SSSR count). The van der Waals surface area contributed by atoms with Crippen molar-refractivity contribution in [1.29, 1.82) is 0 Å². The lowest BCUT2D eigenvalue weighted by Crippen LogP contribution is -1.99. The number of rotatable bonds is 8. The van der Waals surface area contributed by atoms with Gasteiger partial charge in [-0.2, -0.15) is 0 Å². The number of hydrogen-bond acceptors (Lipinski definition) is 5. The van der Waals surface area contributed by atoms with E-state index in [1.54, 1.807) is 6.08 Å². The summed E-state index contributed by atoms with van der Waals surface area (Å²) in [4.78, 5) is 16.4. The number of nitrogens with one attached hydrogen (secondary N) is 1. The smallest absolute Gasteiger partial charge is 0.208 e. The van der Waals surface area contributed by atoms with E-state index < -0.39 is 0 Å². The number of aromatic nitrogens is 3. The summed E-state index contributed by atoms with van der Waals surface area (Å²) >= 11 is 1.48. The average Bonchev–Trinajstić information content (AvgIpc) is 3.26. The van der Waals surface area contributed by atoms with Crippen LogP contribution in [-0.2, 0) is 0 Å². The van der Waals surface area contributed by atoms with E-state index in [2.05, 4.69) is 15.2 Å². The molecule has 0 unspecified atom stereocenters. The highest BCUT2D eigenvalue weighted by atomic mass is 32.2. The van der Waals surface area contributed by atoms with E-state index in [1.807, 2.05) is 25.1 Å². The Balaban J connectivity index is 1.42. The number of hydrogen-bond donors (Lipinski definition) is 1. The van der Waals surface area contributed by atoms with Crippen molar-refractivity contribution in [3.8, 4) is 0 Å². The minimum absolute atomic E-state index is 0.0120. The van der Waals surface area contributed by atoms with Gasteiger partial charge in [-0.3, -0.25) is 9.89 Å². The van der Waals surface area contributed by atoms with Crippen LogP contribution in [0.1, 0.15) is 40.5 Å². The molecule has 7 heteroatoms. The number of carbonyl (C=O) groups is 1.